The molecule has 6 heteroatoms. The predicted molar refractivity (Wildman–Crippen MR) is 89.6 cm³/mol. The van der Waals surface area contributed by atoms with E-state index in [1.165, 1.54) is 16.8 Å². The van der Waals surface area contributed by atoms with Crippen LogP contribution in [0.15, 0.2) is 46.0 Å². The van der Waals surface area contributed by atoms with Gasteiger partial charge in [0, 0.05) is 23.7 Å². The number of aromatic nitrogens is 2. The van der Waals surface area contributed by atoms with Crippen molar-refractivity contribution in [3.8, 4) is 0 Å². The molecule has 0 aliphatic carbocycles. The molecule has 23 heavy (non-hydrogen) atoms. The van der Waals surface area contributed by atoms with E-state index in [2.05, 4.69) is 10.4 Å². The Morgan fingerprint density at radius 2 is 1.91 bits per heavy atom. The van der Waals surface area contributed by atoms with Gasteiger partial charge in [0.2, 0.25) is 5.91 Å². The van der Waals surface area contributed by atoms with E-state index in [1.807, 2.05) is 26.0 Å². The topological polar surface area (TPSA) is 84.0 Å². The second-order valence-corrected chi connectivity index (χ2v) is 5.44. The van der Waals surface area contributed by atoms with Crippen LogP contribution < -0.4 is 16.4 Å². The summed E-state index contributed by atoms with van der Waals surface area (Å²) in [4.78, 5) is 35.2. The van der Waals surface area contributed by atoms with Crippen molar-refractivity contribution in [3.63, 3.8) is 0 Å². The SMILES string of the molecule is CCC(CC)C(=O)Nc1cccc(Cn2[nH]c(=O)ccc2=O)c1. The fourth-order valence-corrected chi connectivity index (χ4v) is 2.41. The summed E-state index contributed by atoms with van der Waals surface area (Å²) in [7, 11) is 0. The molecule has 122 valence electrons. The molecule has 0 spiro atoms. The third kappa shape index (κ3) is 4.42. The number of hydrogen-bond acceptors (Lipinski definition) is 3. The summed E-state index contributed by atoms with van der Waals surface area (Å²) < 4.78 is 1.24. The van der Waals surface area contributed by atoms with Crippen LogP contribution in [0.3, 0.4) is 0 Å². The van der Waals surface area contributed by atoms with Gasteiger partial charge in [-0.1, -0.05) is 26.0 Å². The molecule has 0 unspecified atom stereocenters. The summed E-state index contributed by atoms with van der Waals surface area (Å²) in [5.74, 6) is -0.0100. The number of H-pyrrole nitrogens is 1. The van der Waals surface area contributed by atoms with Crippen molar-refractivity contribution in [2.24, 2.45) is 5.92 Å². The molecule has 1 aromatic heterocycles. The van der Waals surface area contributed by atoms with Gasteiger partial charge in [0.05, 0.1) is 6.54 Å². The number of hydrogen-bond donors (Lipinski definition) is 2. The Hall–Kier alpha value is -2.63. The molecule has 1 heterocycles. The van der Waals surface area contributed by atoms with E-state index in [9.17, 15) is 14.4 Å². The van der Waals surface area contributed by atoms with Crippen molar-refractivity contribution in [2.75, 3.05) is 5.32 Å². The van der Waals surface area contributed by atoms with Crippen LogP contribution in [0, 0.1) is 5.92 Å². The molecule has 0 aliphatic rings. The first-order valence-corrected chi connectivity index (χ1v) is 7.73. The number of amides is 1. The maximum Gasteiger partial charge on any atom is 0.265 e. The van der Waals surface area contributed by atoms with Crippen LogP contribution >= 0.6 is 0 Å². The number of nitrogens with zero attached hydrogens (tertiary/aromatic N) is 1. The summed E-state index contributed by atoms with van der Waals surface area (Å²) in [5.41, 5.74) is 0.890. The predicted octanol–water partition coefficient (Wildman–Crippen LogP) is 1.96. The Kier molecular flexibility index (Phi) is 5.51. The smallest absolute Gasteiger partial charge is 0.265 e. The highest BCUT2D eigenvalue weighted by atomic mass is 16.2. The fraction of sp³-hybridized carbons (Fsp3) is 0.353. The molecule has 0 fully saturated rings. The summed E-state index contributed by atoms with van der Waals surface area (Å²) in [6.07, 6.45) is 1.59. The van der Waals surface area contributed by atoms with Crippen LogP contribution in [0.2, 0.25) is 0 Å². The molecule has 2 N–H and O–H groups in total. The van der Waals surface area contributed by atoms with Crippen LogP contribution in [0.5, 0.6) is 0 Å². The lowest BCUT2D eigenvalue weighted by molar-refractivity contribution is -0.120. The van der Waals surface area contributed by atoms with Crippen molar-refractivity contribution in [3.05, 3.63) is 62.7 Å². The van der Waals surface area contributed by atoms with Gasteiger partial charge in [-0.2, -0.15) is 0 Å². The van der Waals surface area contributed by atoms with Gasteiger partial charge >= 0.3 is 0 Å². The average molecular weight is 315 g/mol. The highest BCUT2D eigenvalue weighted by Crippen LogP contribution is 2.15. The number of benzene rings is 1. The Morgan fingerprint density at radius 3 is 2.61 bits per heavy atom. The molecule has 6 nitrogen and oxygen atoms in total. The lowest BCUT2D eigenvalue weighted by Crippen LogP contribution is -2.28. The number of carbonyl (C=O) groups excluding carboxylic acids is 1. The van der Waals surface area contributed by atoms with Crippen LogP contribution in [-0.2, 0) is 11.3 Å². The van der Waals surface area contributed by atoms with Gasteiger partial charge in [-0.3, -0.25) is 19.5 Å². The minimum Gasteiger partial charge on any atom is -0.326 e. The maximum absolute atomic E-state index is 12.1. The second-order valence-electron chi connectivity index (χ2n) is 5.44. The normalized spacial score (nSPS) is 10.7. The Bertz CT molecular complexity index is 788. The first-order valence-electron chi connectivity index (χ1n) is 7.73. The summed E-state index contributed by atoms with van der Waals surface area (Å²) in [5, 5.41) is 5.38. The zero-order valence-electron chi connectivity index (χ0n) is 13.3. The molecule has 0 bridgehead atoms. The van der Waals surface area contributed by atoms with E-state index < -0.39 is 0 Å². The zero-order valence-corrected chi connectivity index (χ0v) is 13.3. The minimum atomic E-state index is -0.331. The van der Waals surface area contributed by atoms with Crippen LogP contribution in [-0.4, -0.2) is 15.7 Å². The molecule has 2 aromatic rings. The van der Waals surface area contributed by atoms with Crippen molar-refractivity contribution in [1.29, 1.82) is 0 Å². The van der Waals surface area contributed by atoms with Gasteiger partial charge in [0.1, 0.15) is 0 Å². The van der Waals surface area contributed by atoms with Crippen molar-refractivity contribution >= 4 is 11.6 Å². The standard InChI is InChI=1S/C17H21N3O3/c1-3-13(4-2)17(23)18-14-7-5-6-12(10-14)11-20-16(22)9-8-15(21)19-20/h5-10,13H,3-4,11H2,1-2H3,(H,18,23)(H,19,21). The van der Waals surface area contributed by atoms with E-state index in [0.717, 1.165) is 18.4 Å². The number of rotatable bonds is 6. The van der Waals surface area contributed by atoms with Crippen LogP contribution in [0.1, 0.15) is 32.3 Å². The molecular weight excluding hydrogens is 294 g/mol. The Balaban J connectivity index is 2.17. The van der Waals surface area contributed by atoms with Gasteiger partial charge in [-0.15, -0.1) is 0 Å². The van der Waals surface area contributed by atoms with Gasteiger partial charge in [-0.25, -0.2) is 4.68 Å². The fourth-order valence-electron chi connectivity index (χ4n) is 2.41. The number of anilines is 1. The minimum absolute atomic E-state index is 0.00237. The van der Waals surface area contributed by atoms with E-state index in [4.69, 9.17) is 0 Å². The van der Waals surface area contributed by atoms with E-state index in [-0.39, 0.29) is 29.5 Å². The van der Waals surface area contributed by atoms with Crippen molar-refractivity contribution in [2.45, 2.75) is 33.2 Å². The van der Waals surface area contributed by atoms with Gasteiger partial charge < -0.3 is 5.32 Å². The van der Waals surface area contributed by atoms with Gasteiger partial charge in [0.25, 0.3) is 11.1 Å². The second kappa shape index (κ2) is 7.58. The summed E-state index contributed by atoms with van der Waals surface area (Å²) in [6, 6.07) is 9.69. The summed E-state index contributed by atoms with van der Waals surface area (Å²) >= 11 is 0. The molecule has 1 amide bonds. The third-order valence-corrected chi connectivity index (χ3v) is 3.78. The number of carbonyl (C=O) groups is 1. The van der Waals surface area contributed by atoms with Gasteiger partial charge in [-0.05, 0) is 30.5 Å². The van der Waals surface area contributed by atoms with Crippen molar-refractivity contribution < 1.29 is 4.79 Å². The maximum atomic E-state index is 12.1. The lowest BCUT2D eigenvalue weighted by atomic mass is 10.0. The summed E-state index contributed by atoms with van der Waals surface area (Å²) in [6.45, 7) is 4.22. The lowest BCUT2D eigenvalue weighted by Gasteiger charge is -2.13. The van der Waals surface area contributed by atoms with E-state index >= 15 is 0 Å². The van der Waals surface area contributed by atoms with Gasteiger partial charge in [0.15, 0.2) is 0 Å². The van der Waals surface area contributed by atoms with Crippen LogP contribution in [0.4, 0.5) is 5.69 Å². The van der Waals surface area contributed by atoms with E-state index in [1.54, 1.807) is 12.1 Å². The van der Waals surface area contributed by atoms with Crippen molar-refractivity contribution in [1.82, 2.24) is 9.78 Å². The highest BCUT2D eigenvalue weighted by molar-refractivity contribution is 5.92. The average Bonchev–Trinajstić information content (AvgIpc) is 2.52. The first kappa shape index (κ1) is 16.7. The third-order valence-electron chi connectivity index (χ3n) is 3.78. The monoisotopic (exact) mass is 315 g/mol. The molecule has 2 rings (SSSR count). The number of aromatic amines is 1. The Morgan fingerprint density at radius 1 is 1.17 bits per heavy atom. The zero-order chi connectivity index (χ0) is 16.8. The molecular formula is C17H21N3O3. The van der Waals surface area contributed by atoms with E-state index in [0.29, 0.717) is 5.69 Å². The molecule has 0 saturated heterocycles. The van der Waals surface area contributed by atoms with Crippen LogP contribution in [0.25, 0.3) is 0 Å². The highest BCUT2D eigenvalue weighted by Gasteiger charge is 2.14. The first-order chi connectivity index (χ1) is 11.0. The molecule has 1 aromatic carbocycles. The largest absolute Gasteiger partial charge is 0.326 e. The number of nitrogens with one attached hydrogen (secondary N) is 2. The molecule has 0 atom stereocenters. The quantitative estimate of drug-likeness (QED) is 0.854. The molecule has 0 aliphatic heterocycles. The molecule has 0 saturated carbocycles. The molecule has 0 radical (unpaired) electrons. The Labute approximate surface area is 134 Å².